The average molecular weight is 364 g/mol. The van der Waals surface area contributed by atoms with Crippen molar-refractivity contribution in [3.8, 4) is 0 Å². The van der Waals surface area contributed by atoms with Crippen LogP contribution in [0.5, 0.6) is 0 Å². The van der Waals surface area contributed by atoms with Crippen LogP contribution in [0.1, 0.15) is 53.1 Å². The van der Waals surface area contributed by atoms with Gasteiger partial charge in [0, 0.05) is 23.3 Å². The van der Waals surface area contributed by atoms with Gasteiger partial charge in [-0.25, -0.2) is 4.39 Å². The predicted molar refractivity (Wildman–Crippen MR) is 100 cm³/mol. The second-order valence-electron chi connectivity index (χ2n) is 7.91. The Hall–Kier alpha value is -2.69. The van der Waals surface area contributed by atoms with E-state index in [0.29, 0.717) is 17.9 Å². The molecule has 3 aliphatic heterocycles. The van der Waals surface area contributed by atoms with Gasteiger partial charge in [0.05, 0.1) is 6.42 Å². The van der Waals surface area contributed by atoms with Gasteiger partial charge in [-0.1, -0.05) is 18.2 Å². The van der Waals surface area contributed by atoms with Crippen molar-refractivity contribution in [2.45, 2.75) is 50.1 Å². The molecule has 3 aliphatic rings. The molecule has 3 atom stereocenters. The van der Waals surface area contributed by atoms with Crippen LogP contribution in [0.3, 0.4) is 0 Å². The van der Waals surface area contributed by atoms with E-state index < -0.39 is 0 Å². The molecule has 5 heteroatoms. The van der Waals surface area contributed by atoms with Crippen LogP contribution >= 0.6 is 0 Å². The Morgan fingerprint density at radius 1 is 1.04 bits per heavy atom. The van der Waals surface area contributed by atoms with E-state index in [-0.39, 0.29) is 29.7 Å². The molecule has 27 heavy (non-hydrogen) atoms. The van der Waals surface area contributed by atoms with E-state index in [1.807, 2.05) is 30.3 Å². The SMILES string of the molecule is O=C1Cc2ccc(C(=O)N3[C@@H]4CC[C@H]3C[C@@H](c3ccc(F)cc3)C4)cc2N1. The second-order valence-corrected chi connectivity index (χ2v) is 7.91. The van der Waals surface area contributed by atoms with E-state index in [2.05, 4.69) is 10.2 Å². The molecule has 0 saturated carbocycles. The molecule has 2 saturated heterocycles. The number of halogens is 1. The van der Waals surface area contributed by atoms with Gasteiger partial charge in [0.15, 0.2) is 0 Å². The van der Waals surface area contributed by atoms with Crippen molar-refractivity contribution in [2.75, 3.05) is 5.32 Å². The third kappa shape index (κ3) is 2.82. The number of anilines is 1. The lowest BCUT2D eigenvalue weighted by Crippen LogP contribution is -2.46. The summed E-state index contributed by atoms with van der Waals surface area (Å²) in [7, 11) is 0. The maximum atomic E-state index is 13.2. The molecule has 0 aliphatic carbocycles. The van der Waals surface area contributed by atoms with Crippen molar-refractivity contribution in [1.29, 1.82) is 0 Å². The summed E-state index contributed by atoms with van der Waals surface area (Å²) in [6.07, 6.45) is 4.29. The first-order valence-electron chi connectivity index (χ1n) is 9.59. The van der Waals surface area contributed by atoms with Crippen molar-refractivity contribution in [3.05, 3.63) is 65.0 Å². The molecule has 2 aromatic rings. The summed E-state index contributed by atoms with van der Waals surface area (Å²) in [6.45, 7) is 0. The summed E-state index contributed by atoms with van der Waals surface area (Å²) in [5.74, 6) is 0.211. The summed E-state index contributed by atoms with van der Waals surface area (Å²) >= 11 is 0. The number of carbonyl (C=O) groups is 2. The quantitative estimate of drug-likeness (QED) is 0.879. The van der Waals surface area contributed by atoms with Gasteiger partial charge in [-0.3, -0.25) is 9.59 Å². The minimum atomic E-state index is -0.210. The molecule has 2 bridgehead atoms. The Morgan fingerprint density at radius 3 is 2.44 bits per heavy atom. The lowest BCUT2D eigenvalue weighted by molar-refractivity contribution is -0.115. The number of nitrogens with one attached hydrogen (secondary N) is 1. The normalized spacial score (nSPS) is 26.0. The molecule has 0 aromatic heterocycles. The number of amides is 2. The highest BCUT2D eigenvalue weighted by atomic mass is 19.1. The fourth-order valence-corrected chi connectivity index (χ4v) is 5.01. The Morgan fingerprint density at radius 2 is 1.74 bits per heavy atom. The fraction of sp³-hybridized carbons (Fsp3) is 0.364. The standard InChI is InChI=1S/C22H21FN2O2/c23-17-5-3-13(4-6-17)16-9-18-7-8-19(10-16)25(18)22(27)15-2-1-14-12-21(26)24-20(14)11-15/h1-6,11,16,18-19H,7-10,12H2,(H,24,26)/t16-,18+,19-. The van der Waals surface area contributed by atoms with Gasteiger partial charge in [0.1, 0.15) is 5.82 Å². The second kappa shape index (κ2) is 6.19. The first-order valence-corrected chi connectivity index (χ1v) is 9.59. The molecule has 0 radical (unpaired) electrons. The number of nitrogens with zero attached hydrogens (tertiary/aromatic N) is 1. The average Bonchev–Trinajstić information content (AvgIpc) is 3.16. The summed E-state index contributed by atoms with van der Waals surface area (Å²) in [6, 6.07) is 12.8. The van der Waals surface area contributed by atoms with E-state index in [1.54, 1.807) is 0 Å². The zero-order valence-electron chi connectivity index (χ0n) is 15.0. The number of hydrogen-bond donors (Lipinski definition) is 1. The maximum Gasteiger partial charge on any atom is 0.254 e. The van der Waals surface area contributed by atoms with E-state index >= 15 is 0 Å². The number of piperidine rings is 1. The summed E-state index contributed by atoms with van der Waals surface area (Å²) < 4.78 is 13.2. The minimum absolute atomic E-state index is 0.0187. The Kier molecular flexibility index (Phi) is 3.78. The van der Waals surface area contributed by atoms with E-state index in [4.69, 9.17) is 0 Å². The van der Waals surface area contributed by atoms with Gasteiger partial charge in [-0.2, -0.15) is 0 Å². The van der Waals surface area contributed by atoms with Crippen LogP contribution in [-0.2, 0) is 11.2 Å². The Labute approximate surface area is 157 Å². The zero-order chi connectivity index (χ0) is 18.5. The van der Waals surface area contributed by atoms with E-state index in [1.165, 1.54) is 17.7 Å². The predicted octanol–water partition coefficient (Wildman–Crippen LogP) is 3.87. The minimum Gasteiger partial charge on any atom is -0.333 e. The van der Waals surface area contributed by atoms with Crippen LogP contribution in [0.4, 0.5) is 10.1 Å². The van der Waals surface area contributed by atoms with Crippen LogP contribution < -0.4 is 5.32 Å². The number of benzene rings is 2. The topological polar surface area (TPSA) is 49.4 Å². The van der Waals surface area contributed by atoms with Crippen LogP contribution in [0.25, 0.3) is 0 Å². The van der Waals surface area contributed by atoms with Crippen molar-refractivity contribution in [2.24, 2.45) is 0 Å². The van der Waals surface area contributed by atoms with Crippen LogP contribution in [0.2, 0.25) is 0 Å². The molecule has 3 heterocycles. The Balaban J connectivity index is 1.36. The summed E-state index contributed by atoms with van der Waals surface area (Å²) in [5, 5.41) is 2.83. The van der Waals surface area contributed by atoms with Crippen molar-refractivity contribution in [1.82, 2.24) is 4.90 Å². The summed E-state index contributed by atoms with van der Waals surface area (Å²) in [5.41, 5.74) is 3.53. The lowest BCUT2D eigenvalue weighted by atomic mass is 9.84. The molecule has 2 amide bonds. The van der Waals surface area contributed by atoms with E-state index in [9.17, 15) is 14.0 Å². The zero-order valence-corrected chi connectivity index (χ0v) is 15.0. The van der Waals surface area contributed by atoms with Gasteiger partial charge < -0.3 is 10.2 Å². The molecule has 2 aromatic carbocycles. The van der Waals surface area contributed by atoms with E-state index in [0.717, 1.165) is 36.9 Å². The summed E-state index contributed by atoms with van der Waals surface area (Å²) in [4.78, 5) is 26.8. The monoisotopic (exact) mass is 364 g/mol. The molecular formula is C22H21FN2O2. The van der Waals surface area contributed by atoms with Crippen molar-refractivity contribution in [3.63, 3.8) is 0 Å². The van der Waals surface area contributed by atoms with Crippen LogP contribution in [0, 0.1) is 5.82 Å². The van der Waals surface area contributed by atoms with Gasteiger partial charge in [0.25, 0.3) is 5.91 Å². The van der Waals surface area contributed by atoms with Gasteiger partial charge >= 0.3 is 0 Å². The molecule has 138 valence electrons. The molecule has 1 N–H and O–H groups in total. The first-order chi connectivity index (χ1) is 13.1. The number of hydrogen-bond acceptors (Lipinski definition) is 2. The van der Waals surface area contributed by atoms with Crippen LogP contribution in [0.15, 0.2) is 42.5 Å². The molecule has 0 spiro atoms. The number of fused-ring (bicyclic) bond motifs is 3. The van der Waals surface area contributed by atoms with Gasteiger partial charge in [0.2, 0.25) is 5.91 Å². The van der Waals surface area contributed by atoms with Gasteiger partial charge in [-0.15, -0.1) is 0 Å². The highest BCUT2D eigenvalue weighted by molar-refractivity contribution is 6.02. The Bertz CT molecular complexity index is 910. The third-order valence-corrected chi connectivity index (χ3v) is 6.29. The lowest BCUT2D eigenvalue weighted by Gasteiger charge is -2.39. The molecule has 4 nitrogen and oxygen atoms in total. The molecule has 2 fully saturated rings. The smallest absolute Gasteiger partial charge is 0.254 e. The number of rotatable bonds is 2. The molecule has 5 rings (SSSR count). The van der Waals surface area contributed by atoms with Crippen LogP contribution in [-0.4, -0.2) is 28.8 Å². The molecular weight excluding hydrogens is 343 g/mol. The largest absolute Gasteiger partial charge is 0.333 e. The fourth-order valence-electron chi connectivity index (χ4n) is 5.01. The van der Waals surface area contributed by atoms with Crippen molar-refractivity contribution >= 4 is 17.5 Å². The number of carbonyl (C=O) groups excluding carboxylic acids is 2. The van der Waals surface area contributed by atoms with Gasteiger partial charge in [-0.05, 0) is 67.0 Å². The van der Waals surface area contributed by atoms with Crippen molar-refractivity contribution < 1.29 is 14.0 Å². The third-order valence-electron chi connectivity index (χ3n) is 6.29. The highest BCUT2D eigenvalue weighted by Crippen LogP contribution is 2.44. The molecule has 0 unspecified atom stereocenters. The maximum absolute atomic E-state index is 13.2. The highest BCUT2D eigenvalue weighted by Gasteiger charge is 2.43. The first kappa shape index (κ1) is 16.5.